The van der Waals surface area contributed by atoms with Crippen LogP contribution in [0.3, 0.4) is 0 Å². The van der Waals surface area contributed by atoms with Crippen LogP contribution in [0.1, 0.15) is 21.7 Å². The van der Waals surface area contributed by atoms with Crippen molar-refractivity contribution in [2.75, 3.05) is 31.2 Å². The summed E-state index contributed by atoms with van der Waals surface area (Å²) in [5, 5.41) is 0. The van der Waals surface area contributed by atoms with Gasteiger partial charge in [-0.05, 0) is 49.4 Å². The van der Waals surface area contributed by atoms with Gasteiger partial charge in [0.25, 0.3) is 5.91 Å². The number of sulfonamides is 1. The van der Waals surface area contributed by atoms with Crippen molar-refractivity contribution in [3.63, 3.8) is 0 Å². The Morgan fingerprint density at radius 3 is 2.47 bits per heavy atom. The molecule has 0 saturated carbocycles. The summed E-state index contributed by atoms with van der Waals surface area (Å²) in [5.41, 5.74) is 1.70. The number of hydrogen-bond donors (Lipinski definition) is 0. The van der Waals surface area contributed by atoms with Gasteiger partial charge in [0.2, 0.25) is 10.0 Å². The van der Waals surface area contributed by atoms with Crippen LogP contribution in [0.4, 0.5) is 10.1 Å². The Balaban J connectivity index is 1.71. The van der Waals surface area contributed by atoms with Crippen LogP contribution in [0.2, 0.25) is 0 Å². The molecule has 168 valence electrons. The number of nitrogens with zero attached hydrogens (tertiary/aromatic N) is 2. The van der Waals surface area contributed by atoms with Crippen LogP contribution in [-0.2, 0) is 21.3 Å². The summed E-state index contributed by atoms with van der Waals surface area (Å²) < 4.78 is 52.4. The Kier molecular flexibility index (Phi) is 6.40. The molecule has 2 aromatic carbocycles. The van der Waals surface area contributed by atoms with Crippen molar-refractivity contribution in [1.29, 1.82) is 0 Å². The van der Waals surface area contributed by atoms with Crippen LogP contribution in [0, 0.1) is 12.7 Å². The van der Waals surface area contributed by atoms with Crippen LogP contribution in [0.15, 0.2) is 70.2 Å². The number of furan rings is 1. The van der Waals surface area contributed by atoms with Gasteiger partial charge >= 0.3 is 0 Å². The topological polar surface area (TPSA) is 80.1 Å². The van der Waals surface area contributed by atoms with Crippen molar-refractivity contribution in [3.05, 3.63) is 83.6 Å². The van der Waals surface area contributed by atoms with E-state index in [2.05, 4.69) is 0 Å². The van der Waals surface area contributed by atoms with E-state index in [0.717, 1.165) is 17.7 Å². The first kappa shape index (κ1) is 22.2. The molecule has 1 amide bonds. The number of rotatable bonds is 6. The van der Waals surface area contributed by atoms with Gasteiger partial charge in [-0.2, -0.15) is 4.31 Å². The molecule has 2 heterocycles. The molecule has 1 fully saturated rings. The van der Waals surface area contributed by atoms with Gasteiger partial charge in [-0.1, -0.05) is 17.7 Å². The van der Waals surface area contributed by atoms with Gasteiger partial charge in [-0.25, -0.2) is 12.8 Å². The third kappa shape index (κ3) is 4.59. The molecule has 32 heavy (non-hydrogen) atoms. The molecular weight excluding hydrogens is 435 g/mol. The van der Waals surface area contributed by atoms with Crippen LogP contribution in [0.25, 0.3) is 0 Å². The first-order chi connectivity index (χ1) is 15.4. The SMILES string of the molecule is Cc1ccc(N(Cc2ccco2)C(=O)c2ccc(F)c(S(=O)(=O)N3CCOCC3)c2)cc1. The van der Waals surface area contributed by atoms with E-state index >= 15 is 0 Å². The lowest BCUT2D eigenvalue weighted by Crippen LogP contribution is -2.41. The molecule has 1 aromatic heterocycles. The molecule has 0 atom stereocenters. The Morgan fingerprint density at radius 1 is 1.09 bits per heavy atom. The second kappa shape index (κ2) is 9.23. The van der Waals surface area contributed by atoms with Gasteiger partial charge in [0.05, 0.1) is 26.0 Å². The predicted octanol–water partition coefficient (Wildman–Crippen LogP) is 3.60. The molecule has 7 nitrogen and oxygen atoms in total. The van der Waals surface area contributed by atoms with Gasteiger partial charge in [0, 0.05) is 24.3 Å². The lowest BCUT2D eigenvalue weighted by Gasteiger charge is -2.26. The van der Waals surface area contributed by atoms with E-state index in [9.17, 15) is 17.6 Å². The largest absolute Gasteiger partial charge is 0.467 e. The first-order valence-corrected chi connectivity index (χ1v) is 11.6. The van der Waals surface area contributed by atoms with Crippen molar-refractivity contribution in [2.45, 2.75) is 18.4 Å². The number of amides is 1. The van der Waals surface area contributed by atoms with E-state index in [1.165, 1.54) is 21.5 Å². The fourth-order valence-corrected chi connectivity index (χ4v) is 4.98. The number of hydrogen-bond acceptors (Lipinski definition) is 5. The highest BCUT2D eigenvalue weighted by molar-refractivity contribution is 7.89. The summed E-state index contributed by atoms with van der Waals surface area (Å²) in [6, 6.07) is 14.2. The Labute approximate surface area is 186 Å². The Morgan fingerprint density at radius 2 is 1.81 bits per heavy atom. The molecule has 0 radical (unpaired) electrons. The minimum atomic E-state index is -4.11. The van der Waals surface area contributed by atoms with E-state index in [4.69, 9.17) is 9.15 Å². The van der Waals surface area contributed by atoms with Gasteiger partial charge in [0.1, 0.15) is 16.5 Å². The summed E-state index contributed by atoms with van der Waals surface area (Å²) in [5.74, 6) is -0.813. The van der Waals surface area contributed by atoms with Gasteiger partial charge < -0.3 is 14.1 Å². The lowest BCUT2D eigenvalue weighted by molar-refractivity contribution is 0.0729. The number of halogens is 1. The standard InChI is InChI=1S/C23H23FN2O5S/c1-17-4-7-19(8-5-17)26(16-20-3-2-12-31-20)23(27)18-6-9-21(24)22(15-18)32(28,29)25-10-13-30-14-11-25/h2-9,12,15H,10-11,13-14,16H2,1H3. The van der Waals surface area contributed by atoms with E-state index < -0.39 is 26.6 Å². The van der Waals surface area contributed by atoms with Crippen molar-refractivity contribution < 1.29 is 26.8 Å². The summed E-state index contributed by atoms with van der Waals surface area (Å²) in [6.07, 6.45) is 1.51. The molecule has 1 aliphatic heterocycles. The number of benzene rings is 2. The fraction of sp³-hybridized carbons (Fsp3) is 0.261. The minimum absolute atomic E-state index is 0.0605. The van der Waals surface area contributed by atoms with E-state index in [1.807, 2.05) is 19.1 Å². The molecule has 1 aliphatic rings. The highest BCUT2D eigenvalue weighted by Gasteiger charge is 2.30. The number of morpholine rings is 1. The number of carbonyl (C=O) groups is 1. The van der Waals surface area contributed by atoms with Crippen molar-refractivity contribution in [2.24, 2.45) is 0 Å². The zero-order valence-electron chi connectivity index (χ0n) is 17.5. The molecular formula is C23H23FN2O5S. The first-order valence-electron chi connectivity index (χ1n) is 10.1. The third-order valence-corrected chi connectivity index (χ3v) is 7.16. The maximum absolute atomic E-state index is 14.6. The van der Waals surface area contributed by atoms with Crippen molar-refractivity contribution >= 4 is 21.6 Å². The van der Waals surface area contributed by atoms with Gasteiger partial charge in [-0.3, -0.25) is 4.79 Å². The Bertz CT molecular complexity index is 1190. The second-order valence-corrected chi connectivity index (χ2v) is 9.37. The summed E-state index contributed by atoms with van der Waals surface area (Å²) in [7, 11) is -4.11. The highest BCUT2D eigenvalue weighted by atomic mass is 32.2. The molecule has 1 saturated heterocycles. The molecule has 3 aromatic rings. The van der Waals surface area contributed by atoms with Crippen LogP contribution >= 0.6 is 0 Å². The second-order valence-electron chi connectivity index (χ2n) is 7.47. The summed E-state index contributed by atoms with van der Waals surface area (Å²) in [6.45, 7) is 2.82. The lowest BCUT2D eigenvalue weighted by atomic mass is 10.1. The van der Waals surface area contributed by atoms with Crippen LogP contribution in [0.5, 0.6) is 0 Å². The zero-order valence-corrected chi connectivity index (χ0v) is 18.3. The molecule has 0 unspecified atom stereocenters. The third-order valence-electron chi connectivity index (χ3n) is 5.25. The summed E-state index contributed by atoms with van der Waals surface area (Å²) in [4.78, 5) is 14.4. The molecule has 0 spiro atoms. The quantitative estimate of drug-likeness (QED) is 0.564. The van der Waals surface area contributed by atoms with Gasteiger partial charge in [-0.15, -0.1) is 0 Å². The van der Waals surface area contributed by atoms with Gasteiger partial charge in [0.15, 0.2) is 0 Å². The molecule has 4 rings (SSSR count). The normalized spacial score (nSPS) is 14.9. The monoisotopic (exact) mass is 458 g/mol. The number of ether oxygens (including phenoxy) is 1. The molecule has 0 aliphatic carbocycles. The van der Waals surface area contributed by atoms with E-state index in [0.29, 0.717) is 11.4 Å². The number of anilines is 1. The molecule has 0 bridgehead atoms. The highest BCUT2D eigenvalue weighted by Crippen LogP contribution is 2.25. The number of carbonyl (C=O) groups excluding carboxylic acids is 1. The van der Waals surface area contributed by atoms with Crippen LogP contribution in [-0.4, -0.2) is 44.9 Å². The van der Waals surface area contributed by atoms with Crippen molar-refractivity contribution in [3.8, 4) is 0 Å². The Hall–Kier alpha value is -3.01. The number of aryl methyl sites for hydroxylation is 1. The fourth-order valence-electron chi connectivity index (χ4n) is 3.48. The molecule has 9 heteroatoms. The zero-order chi connectivity index (χ0) is 22.7. The predicted molar refractivity (Wildman–Crippen MR) is 116 cm³/mol. The average Bonchev–Trinajstić information content (AvgIpc) is 3.32. The van der Waals surface area contributed by atoms with E-state index in [-0.39, 0.29) is 38.4 Å². The average molecular weight is 459 g/mol. The van der Waals surface area contributed by atoms with E-state index in [1.54, 1.807) is 24.3 Å². The minimum Gasteiger partial charge on any atom is -0.467 e. The van der Waals surface area contributed by atoms with Crippen LogP contribution < -0.4 is 4.90 Å². The smallest absolute Gasteiger partial charge is 0.258 e. The summed E-state index contributed by atoms with van der Waals surface area (Å²) >= 11 is 0. The van der Waals surface area contributed by atoms with Crippen molar-refractivity contribution in [1.82, 2.24) is 4.31 Å². The maximum Gasteiger partial charge on any atom is 0.258 e. The molecule has 0 N–H and O–H groups in total. The maximum atomic E-state index is 14.6.